The summed E-state index contributed by atoms with van der Waals surface area (Å²) >= 11 is 0. The number of carboxylic acids is 1. The van der Waals surface area contributed by atoms with Gasteiger partial charge in [0.2, 0.25) is 0 Å². The number of carbonyl (C=O) groups excluding carboxylic acids is 2. The second-order valence-corrected chi connectivity index (χ2v) is 13.5. The van der Waals surface area contributed by atoms with Crippen LogP contribution in [-0.2, 0) is 37.5 Å². The molecule has 0 aliphatic heterocycles. The van der Waals surface area contributed by atoms with Crippen LogP contribution in [0.1, 0.15) is 129 Å². The number of phosphoric ester groups is 1. The van der Waals surface area contributed by atoms with Gasteiger partial charge in [-0.2, -0.15) is 0 Å². The first-order valence-corrected chi connectivity index (χ1v) is 19.8. The van der Waals surface area contributed by atoms with E-state index in [1.807, 2.05) is 36.5 Å². The molecule has 4 N–H and O–H groups in total. The largest absolute Gasteiger partial charge is 0.480 e. The Labute approximate surface area is 300 Å². The monoisotopic (exact) mass is 725 g/mol. The van der Waals surface area contributed by atoms with Crippen molar-refractivity contribution in [3.05, 3.63) is 60.8 Å². The number of carboxylic acid groups (broad SMARTS) is 1. The van der Waals surface area contributed by atoms with Gasteiger partial charge in [-0.25, -0.2) is 4.57 Å². The molecule has 0 radical (unpaired) electrons. The highest BCUT2D eigenvalue weighted by molar-refractivity contribution is 7.47. The average molecular weight is 726 g/mol. The van der Waals surface area contributed by atoms with Crippen molar-refractivity contribution >= 4 is 25.7 Å². The molecular formula is C38H64NO10P. The van der Waals surface area contributed by atoms with Crippen LogP contribution in [0.5, 0.6) is 0 Å². The molecule has 0 bridgehead atoms. The molecule has 12 heteroatoms. The molecule has 50 heavy (non-hydrogen) atoms. The smallest absolute Gasteiger partial charge is 0.472 e. The molecule has 0 saturated heterocycles. The van der Waals surface area contributed by atoms with E-state index in [1.54, 1.807) is 0 Å². The number of esters is 2. The normalized spacial score (nSPS) is 14.6. The summed E-state index contributed by atoms with van der Waals surface area (Å²) in [6.45, 7) is 2.54. The van der Waals surface area contributed by atoms with Gasteiger partial charge < -0.3 is 25.2 Å². The molecule has 3 atom stereocenters. The molecular weight excluding hydrogens is 661 g/mol. The number of hydrogen-bond acceptors (Lipinski definition) is 9. The molecule has 0 saturated carbocycles. The van der Waals surface area contributed by atoms with Crippen molar-refractivity contribution in [1.82, 2.24) is 0 Å². The van der Waals surface area contributed by atoms with Crippen LogP contribution in [0.25, 0.3) is 0 Å². The lowest BCUT2D eigenvalue weighted by molar-refractivity contribution is -0.161. The zero-order valence-electron chi connectivity index (χ0n) is 30.5. The minimum absolute atomic E-state index is 0.0476. The Morgan fingerprint density at radius 3 is 1.90 bits per heavy atom. The molecule has 0 heterocycles. The Morgan fingerprint density at radius 1 is 0.660 bits per heavy atom. The zero-order valence-corrected chi connectivity index (χ0v) is 31.4. The molecule has 286 valence electrons. The maximum atomic E-state index is 12.5. The predicted octanol–water partition coefficient (Wildman–Crippen LogP) is 8.83. The number of hydrogen-bond donors (Lipinski definition) is 3. The Balaban J connectivity index is 4.59. The molecule has 0 rings (SSSR count). The second-order valence-electron chi connectivity index (χ2n) is 12.0. The number of phosphoric acid groups is 1. The van der Waals surface area contributed by atoms with Crippen LogP contribution in [0, 0.1) is 0 Å². The number of unbranched alkanes of at least 4 members (excludes halogenated alkanes) is 11. The van der Waals surface area contributed by atoms with E-state index in [4.69, 9.17) is 24.8 Å². The number of ether oxygens (including phenoxy) is 2. The molecule has 11 nitrogen and oxygen atoms in total. The van der Waals surface area contributed by atoms with Gasteiger partial charge in [0.05, 0.1) is 13.2 Å². The van der Waals surface area contributed by atoms with Crippen LogP contribution >= 0.6 is 7.82 Å². The Kier molecular flexibility index (Phi) is 31.5. The van der Waals surface area contributed by atoms with Gasteiger partial charge in [-0.3, -0.25) is 23.4 Å². The van der Waals surface area contributed by atoms with E-state index in [-0.39, 0.29) is 19.4 Å². The zero-order chi connectivity index (χ0) is 37.1. The Morgan fingerprint density at radius 2 is 1.24 bits per heavy atom. The average Bonchev–Trinajstić information content (AvgIpc) is 3.09. The summed E-state index contributed by atoms with van der Waals surface area (Å²) < 4.78 is 32.4. The fraction of sp³-hybridized carbons (Fsp3) is 0.658. The van der Waals surface area contributed by atoms with E-state index < -0.39 is 51.1 Å². The van der Waals surface area contributed by atoms with E-state index in [1.165, 1.54) is 38.5 Å². The molecule has 0 aromatic rings. The minimum atomic E-state index is -4.73. The van der Waals surface area contributed by atoms with Crippen LogP contribution in [0.2, 0.25) is 0 Å². The van der Waals surface area contributed by atoms with Crippen LogP contribution in [0.3, 0.4) is 0 Å². The molecule has 0 aliphatic rings. The third-order valence-corrected chi connectivity index (χ3v) is 8.27. The molecule has 0 spiro atoms. The summed E-state index contributed by atoms with van der Waals surface area (Å²) in [5.74, 6) is -2.50. The van der Waals surface area contributed by atoms with Gasteiger partial charge in [0.1, 0.15) is 12.6 Å². The van der Waals surface area contributed by atoms with Crippen LogP contribution in [-0.4, -0.2) is 59.9 Å². The van der Waals surface area contributed by atoms with Crippen molar-refractivity contribution in [2.24, 2.45) is 5.73 Å². The molecule has 0 amide bonds. The van der Waals surface area contributed by atoms with Gasteiger partial charge in [0.15, 0.2) is 6.10 Å². The lowest BCUT2D eigenvalue weighted by Crippen LogP contribution is -2.34. The standard InChI is InChI=1S/C38H64NO10P/c1-3-5-7-9-11-13-15-17-19-21-23-25-27-29-36(40)46-31-34(32-47-50(44,45)48-33-35(39)38(42)43)49-37(41)30-28-26-24-22-20-18-16-14-12-10-8-6-4-2/h5,7,9,11,13,15,18,20,24,26,34-35H,3-4,6,8,10,12,14,16-17,19,21-23,25,27-33,39H2,1-2H3,(H,42,43)(H,44,45)/b7-5+,11-9+,15-13+,20-18+,26-24+/t34?,35-/m0/s1. The Bertz CT molecular complexity index is 1090. The van der Waals surface area contributed by atoms with Gasteiger partial charge in [0, 0.05) is 12.8 Å². The second kappa shape index (κ2) is 33.3. The fourth-order valence-corrected chi connectivity index (χ4v) is 5.19. The van der Waals surface area contributed by atoms with E-state index in [2.05, 4.69) is 42.7 Å². The first-order chi connectivity index (χ1) is 24.1. The summed E-state index contributed by atoms with van der Waals surface area (Å²) in [5.41, 5.74) is 5.30. The van der Waals surface area contributed by atoms with Crippen molar-refractivity contribution in [2.45, 2.75) is 142 Å². The molecule has 2 unspecified atom stereocenters. The van der Waals surface area contributed by atoms with Gasteiger partial charge in [-0.15, -0.1) is 0 Å². The van der Waals surface area contributed by atoms with Crippen molar-refractivity contribution in [3.63, 3.8) is 0 Å². The quantitative estimate of drug-likeness (QED) is 0.0194. The summed E-state index contributed by atoms with van der Waals surface area (Å²) in [5, 5.41) is 8.85. The maximum absolute atomic E-state index is 12.5. The van der Waals surface area contributed by atoms with E-state index in [0.717, 1.165) is 51.4 Å². The van der Waals surface area contributed by atoms with Gasteiger partial charge >= 0.3 is 25.7 Å². The van der Waals surface area contributed by atoms with E-state index in [0.29, 0.717) is 12.8 Å². The summed E-state index contributed by atoms with van der Waals surface area (Å²) in [7, 11) is -4.73. The van der Waals surface area contributed by atoms with Crippen molar-refractivity contribution < 1.29 is 47.5 Å². The van der Waals surface area contributed by atoms with Gasteiger partial charge in [-0.1, -0.05) is 126 Å². The highest BCUT2D eigenvalue weighted by Crippen LogP contribution is 2.43. The first kappa shape index (κ1) is 47.2. The highest BCUT2D eigenvalue weighted by atomic mass is 31.2. The predicted molar refractivity (Wildman–Crippen MR) is 198 cm³/mol. The highest BCUT2D eigenvalue weighted by Gasteiger charge is 2.28. The Hall–Kier alpha value is -2.82. The van der Waals surface area contributed by atoms with E-state index in [9.17, 15) is 23.8 Å². The number of nitrogens with two attached hydrogens (primary N) is 1. The number of allylic oxidation sites excluding steroid dienone is 10. The number of carbonyl (C=O) groups is 3. The van der Waals surface area contributed by atoms with Crippen LogP contribution < -0.4 is 5.73 Å². The van der Waals surface area contributed by atoms with E-state index >= 15 is 0 Å². The first-order valence-electron chi connectivity index (χ1n) is 18.3. The third-order valence-electron chi connectivity index (χ3n) is 7.32. The summed E-state index contributed by atoms with van der Waals surface area (Å²) in [6.07, 6.45) is 36.0. The summed E-state index contributed by atoms with van der Waals surface area (Å²) in [6, 6.07) is -1.53. The van der Waals surface area contributed by atoms with Crippen LogP contribution in [0.15, 0.2) is 60.8 Å². The van der Waals surface area contributed by atoms with Gasteiger partial charge in [-0.05, 0) is 51.4 Å². The topological polar surface area (TPSA) is 172 Å². The van der Waals surface area contributed by atoms with Crippen molar-refractivity contribution in [3.8, 4) is 0 Å². The molecule has 0 aliphatic carbocycles. The lowest BCUT2D eigenvalue weighted by atomic mass is 10.1. The third kappa shape index (κ3) is 32.4. The van der Waals surface area contributed by atoms with Gasteiger partial charge in [0.25, 0.3) is 0 Å². The molecule has 0 fully saturated rings. The van der Waals surface area contributed by atoms with Crippen molar-refractivity contribution in [1.29, 1.82) is 0 Å². The SMILES string of the molecule is CC/C=C/C=C/C=C/CCCCCCCC(=O)OCC(COP(=O)(O)OC[C@H](N)C(=O)O)OC(=O)CC/C=C/C/C=C/CCCCCCCC. The molecule has 0 aromatic heterocycles. The lowest BCUT2D eigenvalue weighted by Gasteiger charge is -2.20. The number of rotatable bonds is 33. The fourth-order valence-electron chi connectivity index (χ4n) is 4.41. The van der Waals surface area contributed by atoms with Crippen LogP contribution in [0.4, 0.5) is 0 Å². The number of aliphatic carboxylic acids is 1. The summed E-state index contributed by atoms with van der Waals surface area (Å²) in [4.78, 5) is 45.6. The van der Waals surface area contributed by atoms with Crippen molar-refractivity contribution in [2.75, 3.05) is 19.8 Å². The maximum Gasteiger partial charge on any atom is 0.472 e. The molecule has 0 aromatic carbocycles. The minimum Gasteiger partial charge on any atom is -0.480 e.